The number of halogens is 2. The molecule has 2 aliphatic heterocycles. The van der Waals surface area contributed by atoms with Gasteiger partial charge in [-0.1, -0.05) is 34.5 Å². The number of thiazole rings is 1. The van der Waals surface area contributed by atoms with Crippen molar-refractivity contribution in [1.82, 2.24) is 9.88 Å². The van der Waals surface area contributed by atoms with E-state index in [0.717, 1.165) is 46.4 Å². The lowest BCUT2D eigenvalue weighted by Gasteiger charge is -2.33. The number of ether oxygens (including phenoxy) is 1. The fourth-order valence-electron chi connectivity index (χ4n) is 4.49. The number of rotatable bonds is 7. The minimum absolute atomic E-state index is 0.111. The van der Waals surface area contributed by atoms with E-state index in [0.29, 0.717) is 35.0 Å². The molecule has 31 heavy (non-hydrogen) atoms. The average molecular weight is 478 g/mol. The number of nitrogens with zero attached hydrogens (tertiary/aromatic N) is 3. The van der Waals surface area contributed by atoms with Gasteiger partial charge in [0.05, 0.1) is 16.6 Å². The monoisotopic (exact) mass is 477 g/mol. The van der Waals surface area contributed by atoms with Crippen LogP contribution in [0, 0.1) is 0 Å². The number of fused-ring (bicyclic) bond motifs is 3. The van der Waals surface area contributed by atoms with Crippen LogP contribution < -0.4 is 9.64 Å². The van der Waals surface area contributed by atoms with E-state index in [-0.39, 0.29) is 6.42 Å². The fourth-order valence-corrected chi connectivity index (χ4v) is 5.99. The lowest BCUT2D eigenvalue weighted by atomic mass is 10.1. The predicted octanol–water partition coefficient (Wildman–Crippen LogP) is 4.57. The number of carboxylic acid groups (broad SMARTS) is 1. The van der Waals surface area contributed by atoms with Gasteiger partial charge in [-0.2, -0.15) is 0 Å². The summed E-state index contributed by atoms with van der Waals surface area (Å²) in [5.41, 5.74) is 1.57. The van der Waals surface area contributed by atoms with Gasteiger partial charge in [0.25, 0.3) is 0 Å². The van der Waals surface area contributed by atoms with Crippen LogP contribution in [-0.4, -0.2) is 59.3 Å². The van der Waals surface area contributed by atoms with Crippen LogP contribution in [0.3, 0.4) is 0 Å². The van der Waals surface area contributed by atoms with Crippen molar-refractivity contribution in [2.24, 2.45) is 0 Å². The highest BCUT2D eigenvalue weighted by molar-refractivity contribution is 7.22. The minimum Gasteiger partial charge on any atom is -0.492 e. The molecule has 2 saturated heterocycles. The number of anilines is 1. The third-order valence-corrected chi connectivity index (χ3v) is 7.60. The lowest BCUT2D eigenvalue weighted by Crippen LogP contribution is -2.47. The Morgan fingerprint density at radius 3 is 2.84 bits per heavy atom. The van der Waals surface area contributed by atoms with Crippen LogP contribution in [-0.2, 0) is 11.2 Å². The Morgan fingerprint density at radius 2 is 2.06 bits per heavy atom. The molecular weight excluding hydrogens is 457 g/mol. The Balaban J connectivity index is 1.16. The molecule has 1 N–H and O–H groups in total. The maximum Gasteiger partial charge on any atom is 0.307 e. The number of carboxylic acids is 1. The van der Waals surface area contributed by atoms with E-state index >= 15 is 0 Å². The first kappa shape index (κ1) is 20.8. The largest absolute Gasteiger partial charge is 0.492 e. The van der Waals surface area contributed by atoms with Gasteiger partial charge < -0.3 is 14.7 Å². The molecule has 9 heteroatoms. The first-order valence-electron chi connectivity index (χ1n) is 10.2. The molecule has 2 aromatic carbocycles. The highest BCUT2D eigenvalue weighted by atomic mass is 35.5. The molecule has 3 aromatic rings. The first-order chi connectivity index (χ1) is 15.0. The smallest absolute Gasteiger partial charge is 0.307 e. The summed E-state index contributed by atoms with van der Waals surface area (Å²) in [6.45, 7) is 3.36. The van der Waals surface area contributed by atoms with Gasteiger partial charge in [-0.05, 0) is 48.4 Å². The molecule has 0 amide bonds. The van der Waals surface area contributed by atoms with Crippen molar-refractivity contribution in [2.75, 3.05) is 31.1 Å². The Kier molecular flexibility index (Phi) is 5.69. The predicted molar refractivity (Wildman–Crippen MR) is 124 cm³/mol. The summed E-state index contributed by atoms with van der Waals surface area (Å²) >= 11 is 13.9. The number of benzene rings is 2. The van der Waals surface area contributed by atoms with E-state index in [1.807, 2.05) is 18.2 Å². The van der Waals surface area contributed by atoms with Gasteiger partial charge in [-0.25, -0.2) is 4.98 Å². The maximum atomic E-state index is 11.0. The fraction of sp³-hybridized carbons (Fsp3) is 0.364. The molecule has 162 valence electrons. The number of aromatic nitrogens is 1. The molecule has 2 atom stereocenters. The Morgan fingerprint density at radius 1 is 1.19 bits per heavy atom. The summed E-state index contributed by atoms with van der Waals surface area (Å²) in [6.07, 6.45) is 1.03. The van der Waals surface area contributed by atoms with E-state index in [4.69, 9.17) is 38.0 Å². The van der Waals surface area contributed by atoms with Crippen molar-refractivity contribution in [1.29, 1.82) is 0 Å². The SMILES string of the molecule is O=C(O)Cc1cc(OCCN2C[C@H]3C[C@@H]2CN3c2nc3ccc(Cl)cc3s2)ccc1Cl. The molecule has 2 aliphatic rings. The van der Waals surface area contributed by atoms with Crippen molar-refractivity contribution in [2.45, 2.75) is 24.9 Å². The summed E-state index contributed by atoms with van der Waals surface area (Å²) in [6, 6.07) is 12.0. The number of aliphatic carboxylic acids is 1. The van der Waals surface area contributed by atoms with E-state index in [1.165, 1.54) is 0 Å². The molecule has 0 aliphatic carbocycles. The van der Waals surface area contributed by atoms with E-state index < -0.39 is 5.97 Å². The van der Waals surface area contributed by atoms with E-state index in [1.54, 1.807) is 29.5 Å². The molecule has 0 spiro atoms. The zero-order chi connectivity index (χ0) is 21.5. The molecular formula is C22H21Cl2N3O3S. The van der Waals surface area contributed by atoms with Crippen molar-refractivity contribution >= 4 is 55.9 Å². The van der Waals surface area contributed by atoms with Crippen molar-refractivity contribution < 1.29 is 14.6 Å². The molecule has 0 radical (unpaired) electrons. The summed E-state index contributed by atoms with van der Waals surface area (Å²) < 4.78 is 7.01. The molecule has 0 unspecified atom stereocenters. The lowest BCUT2D eigenvalue weighted by molar-refractivity contribution is -0.136. The van der Waals surface area contributed by atoms with Gasteiger partial charge in [0, 0.05) is 41.8 Å². The van der Waals surface area contributed by atoms with Crippen molar-refractivity contribution in [3.05, 3.63) is 52.0 Å². The van der Waals surface area contributed by atoms with Crippen LogP contribution >= 0.6 is 34.5 Å². The van der Waals surface area contributed by atoms with Crippen LogP contribution in [0.2, 0.25) is 10.0 Å². The highest BCUT2D eigenvalue weighted by Gasteiger charge is 2.44. The molecule has 0 saturated carbocycles. The third kappa shape index (κ3) is 4.32. The Labute approximate surface area is 193 Å². The molecule has 5 rings (SSSR count). The summed E-state index contributed by atoms with van der Waals surface area (Å²) in [5, 5.41) is 11.3. The number of hydrogen-bond donors (Lipinski definition) is 1. The summed E-state index contributed by atoms with van der Waals surface area (Å²) in [4.78, 5) is 20.7. The van der Waals surface area contributed by atoms with Gasteiger partial charge >= 0.3 is 5.97 Å². The van der Waals surface area contributed by atoms with Crippen molar-refractivity contribution in [3.8, 4) is 5.75 Å². The standard InChI is InChI=1S/C22H21Cl2N3O3S/c23-14-1-4-19-20(9-14)31-22(25-19)27-12-15-10-16(27)11-26(15)5-6-30-17-2-3-18(24)13(7-17)8-21(28)29/h1-4,7,9,15-16H,5-6,8,10-12H2,(H,28,29)/t15-,16-/m1/s1. The third-order valence-electron chi connectivity index (χ3n) is 5.95. The number of piperazine rings is 1. The zero-order valence-corrected chi connectivity index (χ0v) is 19.0. The van der Waals surface area contributed by atoms with Gasteiger partial charge in [0.1, 0.15) is 12.4 Å². The van der Waals surface area contributed by atoms with Crippen LogP contribution in [0.25, 0.3) is 10.2 Å². The minimum atomic E-state index is -0.909. The normalized spacial score (nSPS) is 20.6. The second-order valence-corrected chi connectivity index (χ2v) is 9.82. The molecule has 3 heterocycles. The van der Waals surface area contributed by atoms with E-state index in [2.05, 4.69) is 9.80 Å². The van der Waals surface area contributed by atoms with Crippen LogP contribution in [0.4, 0.5) is 5.13 Å². The summed E-state index contributed by atoms with van der Waals surface area (Å²) in [5.74, 6) is -0.257. The molecule has 2 fully saturated rings. The number of likely N-dealkylation sites (tertiary alicyclic amines) is 1. The van der Waals surface area contributed by atoms with Crippen molar-refractivity contribution in [3.63, 3.8) is 0 Å². The Hall–Kier alpha value is -2.06. The number of hydrogen-bond acceptors (Lipinski definition) is 6. The van der Waals surface area contributed by atoms with Gasteiger partial charge in [0.2, 0.25) is 0 Å². The van der Waals surface area contributed by atoms with Crippen LogP contribution in [0.15, 0.2) is 36.4 Å². The zero-order valence-electron chi connectivity index (χ0n) is 16.6. The highest BCUT2D eigenvalue weighted by Crippen LogP contribution is 2.38. The first-order valence-corrected chi connectivity index (χ1v) is 11.7. The maximum absolute atomic E-state index is 11.0. The number of carbonyl (C=O) groups is 1. The summed E-state index contributed by atoms with van der Waals surface area (Å²) in [7, 11) is 0. The van der Waals surface area contributed by atoms with Gasteiger partial charge in [-0.3, -0.25) is 9.69 Å². The second kappa shape index (κ2) is 8.47. The quantitative estimate of drug-likeness (QED) is 0.537. The molecule has 1 aromatic heterocycles. The molecule has 2 bridgehead atoms. The van der Waals surface area contributed by atoms with Crippen LogP contribution in [0.5, 0.6) is 5.75 Å². The second-order valence-electron chi connectivity index (χ2n) is 7.97. The van der Waals surface area contributed by atoms with E-state index in [9.17, 15) is 4.79 Å². The molecule has 6 nitrogen and oxygen atoms in total. The topological polar surface area (TPSA) is 65.9 Å². The Bertz CT molecular complexity index is 1140. The van der Waals surface area contributed by atoms with Gasteiger partial charge in [-0.15, -0.1) is 0 Å². The van der Waals surface area contributed by atoms with Gasteiger partial charge in [0.15, 0.2) is 5.13 Å². The van der Waals surface area contributed by atoms with Crippen LogP contribution in [0.1, 0.15) is 12.0 Å². The average Bonchev–Trinajstić information content (AvgIpc) is 3.43.